The molecule has 2 fully saturated rings. The van der Waals surface area contributed by atoms with E-state index in [1.165, 1.54) is 6.07 Å². The van der Waals surface area contributed by atoms with Gasteiger partial charge in [0, 0.05) is 6.04 Å². The number of hydrogen-bond acceptors (Lipinski definition) is 2. The fraction of sp³-hybridized carbons (Fsp3) is 0.571. The number of halogens is 4. The number of benzene rings is 1. The SMILES string of the molecule is Fc1cc(C(F)(F)F)ccc1CC1NCC2CNCC21. The van der Waals surface area contributed by atoms with Crippen LogP contribution in [0.4, 0.5) is 17.6 Å². The number of rotatable bonds is 2. The van der Waals surface area contributed by atoms with Crippen molar-refractivity contribution >= 4 is 0 Å². The molecule has 3 rings (SSSR count). The largest absolute Gasteiger partial charge is 0.416 e. The summed E-state index contributed by atoms with van der Waals surface area (Å²) in [4.78, 5) is 0. The van der Waals surface area contributed by atoms with E-state index in [1.807, 2.05) is 0 Å². The monoisotopic (exact) mass is 288 g/mol. The molecule has 2 N–H and O–H groups in total. The van der Waals surface area contributed by atoms with Gasteiger partial charge in [-0.1, -0.05) is 6.07 Å². The minimum atomic E-state index is -4.49. The second-order valence-corrected chi connectivity index (χ2v) is 5.60. The normalized spacial score (nSPS) is 29.7. The average Bonchev–Trinajstić information content (AvgIpc) is 2.95. The highest BCUT2D eigenvalue weighted by atomic mass is 19.4. The van der Waals surface area contributed by atoms with Crippen LogP contribution >= 0.6 is 0 Å². The Balaban J connectivity index is 1.75. The molecule has 0 saturated carbocycles. The van der Waals surface area contributed by atoms with Crippen LogP contribution in [0.5, 0.6) is 0 Å². The maximum Gasteiger partial charge on any atom is 0.416 e. The van der Waals surface area contributed by atoms with Crippen molar-refractivity contribution in [2.75, 3.05) is 19.6 Å². The fourth-order valence-electron chi connectivity index (χ4n) is 3.25. The first-order valence-corrected chi connectivity index (χ1v) is 6.75. The molecule has 0 bridgehead atoms. The Morgan fingerprint density at radius 3 is 2.65 bits per heavy atom. The van der Waals surface area contributed by atoms with Gasteiger partial charge < -0.3 is 10.6 Å². The molecule has 0 spiro atoms. The molecule has 1 aromatic rings. The average molecular weight is 288 g/mol. The molecule has 20 heavy (non-hydrogen) atoms. The molecule has 2 aliphatic heterocycles. The van der Waals surface area contributed by atoms with Crippen LogP contribution in [0.3, 0.4) is 0 Å². The van der Waals surface area contributed by atoms with Gasteiger partial charge >= 0.3 is 6.18 Å². The lowest BCUT2D eigenvalue weighted by Gasteiger charge is -2.18. The topological polar surface area (TPSA) is 24.1 Å². The summed E-state index contributed by atoms with van der Waals surface area (Å²) in [6.07, 6.45) is -4.06. The predicted molar refractivity (Wildman–Crippen MR) is 66.7 cm³/mol. The number of nitrogens with one attached hydrogen (secondary N) is 2. The lowest BCUT2D eigenvalue weighted by Crippen LogP contribution is -2.33. The van der Waals surface area contributed by atoms with Crippen LogP contribution in [-0.4, -0.2) is 25.7 Å². The highest BCUT2D eigenvalue weighted by Crippen LogP contribution is 2.32. The molecule has 1 aromatic carbocycles. The van der Waals surface area contributed by atoms with Gasteiger partial charge in [-0.15, -0.1) is 0 Å². The van der Waals surface area contributed by atoms with Crippen molar-refractivity contribution in [1.29, 1.82) is 0 Å². The Labute approximate surface area is 114 Å². The fourth-order valence-corrected chi connectivity index (χ4v) is 3.25. The standard InChI is InChI=1S/C14H16F4N2/c15-12-4-10(14(16,17)18)2-1-8(12)3-13-11-7-19-5-9(11)6-20-13/h1-2,4,9,11,13,19-20H,3,5-7H2. The summed E-state index contributed by atoms with van der Waals surface area (Å²) in [6.45, 7) is 2.75. The van der Waals surface area contributed by atoms with Crippen molar-refractivity contribution in [3.05, 3.63) is 35.1 Å². The van der Waals surface area contributed by atoms with Crippen LogP contribution in [0.2, 0.25) is 0 Å². The second kappa shape index (κ2) is 5.00. The molecule has 2 saturated heterocycles. The summed E-state index contributed by atoms with van der Waals surface area (Å²) >= 11 is 0. The Kier molecular flexibility index (Phi) is 3.46. The number of hydrogen-bond donors (Lipinski definition) is 2. The van der Waals surface area contributed by atoms with E-state index in [9.17, 15) is 17.6 Å². The zero-order chi connectivity index (χ0) is 14.3. The van der Waals surface area contributed by atoms with Crippen LogP contribution in [0.1, 0.15) is 11.1 Å². The molecular formula is C14H16F4N2. The summed E-state index contributed by atoms with van der Waals surface area (Å²) < 4.78 is 51.3. The molecule has 3 unspecified atom stereocenters. The van der Waals surface area contributed by atoms with Crippen molar-refractivity contribution in [3.63, 3.8) is 0 Å². The number of alkyl halides is 3. The Morgan fingerprint density at radius 2 is 1.95 bits per heavy atom. The number of fused-ring (bicyclic) bond motifs is 1. The van der Waals surface area contributed by atoms with Gasteiger partial charge in [-0.2, -0.15) is 13.2 Å². The minimum Gasteiger partial charge on any atom is -0.316 e. The Bertz CT molecular complexity index is 500. The predicted octanol–water partition coefficient (Wildman–Crippen LogP) is 2.19. The lowest BCUT2D eigenvalue weighted by molar-refractivity contribution is -0.137. The zero-order valence-electron chi connectivity index (χ0n) is 10.8. The molecule has 3 atom stereocenters. The maximum absolute atomic E-state index is 13.8. The highest BCUT2D eigenvalue weighted by Gasteiger charge is 2.39. The van der Waals surface area contributed by atoms with E-state index in [4.69, 9.17) is 0 Å². The van der Waals surface area contributed by atoms with E-state index >= 15 is 0 Å². The van der Waals surface area contributed by atoms with E-state index in [0.29, 0.717) is 29.9 Å². The molecule has 0 amide bonds. The molecule has 0 aliphatic carbocycles. The summed E-state index contributed by atoms with van der Waals surface area (Å²) in [5.41, 5.74) is -0.582. The molecule has 0 aromatic heterocycles. The summed E-state index contributed by atoms with van der Waals surface area (Å²) in [5.74, 6) is 0.227. The summed E-state index contributed by atoms with van der Waals surface area (Å²) in [5, 5.41) is 6.65. The second-order valence-electron chi connectivity index (χ2n) is 5.60. The van der Waals surface area contributed by atoms with Crippen LogP contribution in [0.15, 0.2) is 18.2 Å². The third kappa shape index (κ3) is 2.54. The quantitative estimate of drug-likeness (QED) is 0.815. The minimum absolute atomic E-state index is 0.140. The first kappa shape index (κ1) is 13.8. The maximum atomic E-state index is 13.8. The van der Waals surface area contributed by atoms with Gasteiger partial charge in [0.2, 0.25) is 0 Å². The van der Waals surface area contributed by atoms with Crippen molar-refractivity contribution < 1.29 is 17.6 Å². The first-order chi connectivity index (χ1) is 9.45. The van der Waals surface area contributed by atoms with Crippen molar-refractivity contribution in [3.8, 4) is 0 Å². The molecular weight excluding hydrogens is 272 g/mol. The molecule has 110 valence electrons. The molecule has 0 radical (unpaired) electrons. The van der Waals surface area contributed by atoms with Gasteiger partial charge in [-0.3, -0.25) is 0 Å². The Hall–Kier alpha value is -1.14. The first-order valence-electron chi connectivity index (χ1n) is 6.75. The van der Waals surface area contributed by atoms with E-state index in [2.05, 4.69) is 10.6 Å². The van der Waals surface area contributed by atoms with E-state index < -0.39 is 17.6 Å². The van der Waals surface area contributed by atoms with Crippen molar-refractivity contribution in [2.45, 2.75) is 18.6 Å². The third-order valence-corrected chi connectivity index (χ3v) is 4.37. The zero-order valence-corrected chi connectivity index (χ0v) is 10.8. The smallest absolute Gasteiger partial charge is 0.316 e. The van der Waals surface area contributed by atoms with Crippen LogP contribution in [0.25, 0.3) is 0 Å². The van der Waals surface area contributed by atoms with Crippen molar-refractivity contribution in [2.24, 2.45) is 11.8 Å². The van der Waals surface area contributed by atoms with Gasteiger partial charge in [-0.05, 0) is 55.6 Å². The molecule has 6 heteroatoms. The van der Waals surface area contributed by atoms with Gasteiger partial charge in [0.15, 0.2) is 0 Å². The van der Waals surface area contributed by atoms with Crippen LogP contribution in [0, 0.1) is 17.7 Å². The van der Waals surface area contributed by atoms with E-state index in [1.54, 1.807) is 0 Å². The molecule has 2 aliphatic rings. The highest BCUT2D eigenvalue weighted by molar-refractivity contribution is 5.27. The molecule has 2 heterocycles. The molecule has 2 nitrogen and oxygen atoms in total. The van der Waals surface area contributed by atoms with Gasteiger partial charge in [-0.25, -0.2) is 4.39 Å². The van der Waals surface area contributed by atoms with Crippen LogP contribution in [-0.2, 0) is 12.6 Å². The van der Waals surface area contributed by atoms with Gasteiger partial charge in [0.1, 0.15) is 5.82 Å². The summed E-state index contributed by atoms with van der Waals surface area (Å²) in [6, 6.07) is 2.95. The van der Waals surface area contributed by atoms with Gasteiger partial charge in [0.05, 0.1) is 5.56 Å². The van der Waals surface area contributed by atoms with E-state index in [0.717, 1.165) is 25.7 Å². The van der Waals surface area contributed by atoms with Crippen molar-refractivity contribution in [1.82, 2.24) is 10.6 Å². The van der Waals surface area contributed by atoms with Gasteiger partial charge in [0.25, 0.3) is 0 Å². The summed E-state index contributed by atoms with van der Waals surface area (Å²) in [7, 11) is 0. The third-order valence-electron chi connectivity index (χ3n) is 4.37. The lowest BCUT2D eigenvalue weighted by atomic mass is 9.90. The Morgan fingerprint density at radius 1 is 1.15 bits per heavy atom. The van der Waals surface area contributed by atoms with E-state index in [-0.39, 0.29) is 6.04 Å². The van der Waals surface area contributed by atoms with Crippen LogP contribution < -0.4 is 10.6 Å².